The molecule has 0 aliphatic carbocycles. The zero-order chi connectivity index (χ0) is 16.8. The van der Waals surface area contributed by atoms with Crippen molar-refractivity contribution in [1.29, 1.82) is 0 Å². The maximum absolute atomic E-state index is 12.0. The quantitative estimate of drug-likeness (QED) is 0.504. The van der Waals surface area contributed by atoms with E-state index < -0.39 is 22.9 Å². The highest BCUT2D eigenvalue weighted by atomic mass is 16.6. The van der Waals surface area contributed by atoms with Gasteiger partial charge in [-0.05, 0) is 31.9 Å². The van der Waals surface area contributed by atoms with E-state index in [-0.39, 0.29) is 11.6 Å². The number of anilines is 1. The van der Waals surface area contributed by atoms with Gasteiger partial charge in [-0.1, -0.05) is 0 Å². The Hall–Kier alpha value is -2.48. The lowest BCUT2D eigenvalue weighted by Crippen LogP contribution is -2.34. The molecule has 2 rings (SSSR count). The van der Waals surface area contributed by atoms with Gasteiger partial charge in [0.2, 0.25) is 0 Å². The van der Waals surface area contributed by atoms with E-state index in [0.717, 1.165) is 0 Å². The van der Waals surface area contributed by atoms with Crippen LogP contribution >= 0.6 is 0 Å². The molecule has 0 saturated carbocycles. The highest BCUT2D eigenvalue weighted by Gasteiger charge is 2.26. The van der Waals surface area contributed by atoms with Crippen LogP contribution in [0.5, 0.6) is 0 Å². The Morgan fingerprint density at radius 2 is 1.91 bits per heavy atom. The van der Waals surface area contributed by atoms with Gasteiger partial charge in [-0.3, -0.25) is 19.7 Å². The summed E-state index contributed by atoms with van der Waals surface area (Å²) in [5.74, 6) is -1.13. The minimum Gasteiger partial charge on any atom is -0.452 e. The number of ether oxygens (including phenoxy) is 2. The molecule has 1 heterocycles. The Morgan fingerprint density at radius 1 is 1.30 bits per heavy atom. The van der Waals surface area contributed by atoms with Crippen LogP contribution in [-0.4, -0.2) is 36.1 Å². The number of amides is 1. The highest BCUT2D eigenvalue weighted by Crippen LogP contribution is 2.18. The van der Waals surface area contributed by atoms with E-state index in [9.17, 15) is 19.7 Å². The molecule has 8 nitrogen and oxygen atoms in total. The molecule has 1 aliphatic heterocycles. The zero-order valence-corrected chi connectivity index (χ0v) is 12.7. The van der Waals surface area contributed by atoms with Gasteiger partial charge in [-0.2, -0.15) is 0 Å². The number of nitrogens with zero attached hydrogens (tertiary/aromatic N) is 1. The van der Waals surface area contributed by atoms with Gasteiger partial charge in [0.05, 0.1) is 10.8 Å². The van der Waals surface area contributed by atoms with Crippen LogP contribution in [0.15, 0.2) is 24.3 Å². The number of nitro benzene ring substituents is 1. The molecular formula is C15H18N2O6. The van der Waals surface area contributed by atoms with Crippen LogP contribution in [0.4, 0.5) is 11.4 Å². The number of non-ortho nitro benzene ring substituents is 1. The second-order valence-electron chi connectivity index (χ2n) is 5.26. The Labute approximate surface area is 132 Å². The fourth-order valence-corrected chi connectivity index (χ4v) is 2.17. The number of esters is 1. The smallest absolute Gasteiger partial charge is 0.309 e. The average molecular weight is 322 g/mol. The lowest BCUT2D eigenvalue weighted by atomic mass is 10.0. The first-order valence-electron chi connectivity index (χ1n) is 7.31. The third kappa shape index (κ3) is 4.75. The summed E-state index contributed by atoms with van der Waals surface area (Å²) in [4.78, 5) is 34.0. The van der Waals surface area contributed by atoms with Gasteiger partial charge >= 0.3 is 5.97 Å². The van der Waals surface area contributed by atoms with E-state index >= 15 is 0 Å². The number of carbonyl (C=O) groups is 2. The summed E-state index contributed by atoms with van der Waals surface area (Å²) >= 11 is 0. The Kier molecular flexibility index (Phi) is 5.64. The minimum atomic E-state index is -0.944. The molecule has 1 amide bonds. The van der Waals surface area contributed by atoms with Gasteiger partial charge in [0.1, 0.15) is 0 Å². The van der Waals surface area contributed by atoms with Crippen molar-refractivity contribution < 1.29 is 24.0 Å². The van der Waals surface area contributed by atoms with Crippen LogP contribution in [-0.2, 0) is 19.1 Å². The number of nitro groups is 1. The molecule has 1 aliphatic rings. The molecule has 124 valence electrons. The lowest BCUT2D eigenvalue weighted by Gasteiger charge is -2.22. The van der Waals surface area contributed by atoms with Crippen molar-refractivity contribution in [1.82, 2.24) is 0 Å². The van der Waals surface area contributed by atoms with Crippen molar-refractivity contribution in [3.63, 3.8) is 0 Å². The Balaban J connectivity index is 1.86. The molecule has 1 fully saturated rings. The van der Waals surface area contributed by atoms with Gasteiger partial charge < -0.3 is 14.8 Å². The molecule has 23 heavy (non-hydrogen) atoms. The normalized spacial score (nSPS) is 16.4. The van der Waals surface area contributed by atoms with E-state index in [0.29, 0.717) is 31.7 Å². The predicted octanol–water partition coefficient (Wildman–Crippen LogP) is 1.89. The number of hydrogen-bond donors (Lipinski definition) is 1. The zero-order valence-electron chi connectivity index (χ0n) is 12.7. The van der Waals surface area contributed by atoms with Crippen LogP contribution in [0.1, 0.15) is 19.8 Å². The molecule has 1 saturated heterocycles. The van der Waals surface area contributed by atoms with Crippen LogP contribution in [0.3, 0.4) is 0 Å². The molecule has 8 heteroatoms. The van der Waals surface area contributed by atoms with E-state index in [2.05, 4.69) is 5.32 Å². The first kappa shape index (κ1) is 16.9. The van der Waals surface area contributed by atoms with Crippen molar-refractivity contribution in [3.05, 3.63) is 34.4 Å². The molecule has 0 unspecified atom stereocenters. The maximum Gasteiger partial charge on any atom is 0.309 e. The third-order valence-corrected chi connectivity index (χ3v) is 3.56. The van der Waals surface area contributed by atoms with Crippen LogP contribution in [0.2, 0.25) is 0 Å². The van der Waals surface area contributed by atoms with Crippen molar-refractivity contribution in [2.45, 2.75) is 25.9 Å². The summed E-state index contributed by atoms with van der Waals surface area (Å²) in [6, 6.07) is 5.41. The topological polar surface area (TPSA) is 108 Å². The molecule has 0 aromatic heterocycles. The predicted molar refractivity (Wildman–Crippen MR) is 80.8 cm³/mol. The lowest BCUT2D eigenvalue weighted by molar-refractivity contribution is -0.384. The highest BCUT2D eigenvalue weighted by molar-refractivity contribution is 5.95. The van der Waals surface area contributed by atoms with Crippen LogP contribution in [0, 0.1) is 16.0 Å². The summed E-state index contributed by atoms with van der Waals surface area (Å²) < 4.78 is 10.3. The fourth-order valence-electron chi connectivity index (χ4n) is 2.17. The van der Waals surface area contributed by atoms with Crippen molar-refractivity contribution in [2.75, 3.05) is 18.5 Å². The van der Waals surface area contributed by atoms with Crippen molar-refractivity contribution >= 4 is 23.3 Å². The first-order chi connectivity index (χ1) is 11.0. The second kappa shape index (κ2) is 7.68. The third-order valence-electron chi connectivity index (χ3n) is 3.56. The summed E-state index contributed by atoms with van der Waals surface area (Å²) in [5, 5.41) is 13.1. The van der Waals surface area contributed by atoms with Gasteiger partial charge in [0.25, 0.3) is 11.6 Å². The van der Waals surface area contributed by atoms with E-state index in [4.69, 9.17) is 9.47 Å². The monoisotopic (exact) mass is 322 g/mol. The SMILES string of the molecule is C[C@@H](OC(=O)C1CCOCC1)C(=O)Nc1ccc([N+](=O)[O-])cc1. The maximum atomic E-state index is 12.0. The fraction of sp³-hybridized carbons (Fsp3) is 0.467. The number of benzene rings is 1. The summed E-state index contributed by atoms with van der Waals surface area (Å²) in [5.41, 5.74) is 0.330. The Morgan fingerprint density at radius 3 is 2.48 bits per heavy atom. The molecular weight excluding hydrogens is 304 g/mol. The number of hydrogen-bond acceptors (Lipinski definition) is 6. The average Bonchev–Trinajstić information content (AvgIpc) is 2.56. The number of rotatable bonds is 5. The Bertz CT molecular complexity index is 580. The van der Waals surface area contributed by atoms with Gasteiger partial charge in [-0.15, -0.1) is 0 Å². The van der Waals surface area contributed by atoms with Crippen molar-refractivity contribution in [3.8, 4) is 0 Å². The standard InChI is InChI=1S/C15H18N2O6/c1-10(23-15(19)11-6-8-22-9-7-11)14(18)16-12-2-4-13(5-3-12)17(20)21/h2-5,10-11H,6-9H2,1H3,(H,16,18)/t10-/m1/s1. The van der Waals surface area contributed by atoms with Gasteiger partial charge in [0.15, 0.2) is 6.10 Å². The molecule has 0 radical (unpaired) electrons. The van der Waals surface area contributed by atoms with Crippen LogP contribution < -0.4 is 5.32 Å². The van der Waals surface area contributed by atoms with E-state index in [1.54, 1.807) is 0 Å². The molecule has 1 atom stereocenters. The summed E-state index contributed by atoms with van der Waals surface area (Å²) in [6.07, 6.45) is 0.242. The van der Waals surface area contributed by atoms with Gasteiger partial charge in [-0.25, -0.2) is 0 Å². The second-order valence-corrected chi connectivity index (χ2v) is 5.26. The summed E-state index contributed by atoms with van der Waals surface area (Å²) in [7, 11) is 0. The largest absolute Gasteiger partial charge is 0.452 e. The number of nitrogens with one attached hydrogen (secondary N) is 1. The van der Waals surface area contributed by atoms with Crippen LogP contribution in [0.25, 0.3) is 0 Å². The molecule has 1 N–H and O–H groups in total. The number of carbonyl (C=O) groups excluding carboxylic acids is 2. The van der Waals surface area contributed by atoms with E-state index in [1.807, 2.05) is 0 Å². The minimum absolute atomic E-state index is 0.0676. The van der Waals surface area contributed by atoms with E-state index in [1.165, 1.54) is 31.2 Å². The van der Waals surface area contributed by atoms with Gasteiger partial charge in [0, 0.05) is 31.0 Å². The molecule has 1 aromatic carbocycles. The molecule has 1 aromatic rings. The van der Waals surface area contributed by atoms with Crippen molar-refractivity contribution in [2.24, 2.45) is 5.92 Å². The summed E-state index contributed by atoms with van der Waals surface area (Å²) in [6.45, 7) is 2.52. The first-order valence-corrected chi connectivity index (χ1v) is 7.31. The molecule has 0 bridgehead atoms. The molecule has 0 spiro atoms.